The Balaban J connectivity index is 1.21. The van der Waals surface area contributed by atoms with Crippen LogP contribution in [0.15, 0.2) is 48.5 Å². The minimum absolute atomic E-state index is 0.185. The highest BCUT2D eigenvalue weighted by molar-refractivity contribution is 5.65. The maximum absolute atomic E-state index is 15.3. The van der Waals surface area contributed by atoms with Crippen LogP contribution in [0.4, 0.5) is 26.3 Å². The van der Waals surface area contributed by atoms with Crippen LogP contribution in [0.2, 0.25) is 0 Å². The number of rotatable bonds is 12. The van der Waals surface area contributed by atoms with Crippen molar-refractivity contribution in [1.29, 1.82) is 0 Å². The smallest absolute Gasteiger partial charge is 0.429 e. The van der Waals surface area contributed by atoms with E-state index in [2.05, 4.69) is 11.7 Å². The summed E-state index contributed by atoms with van der Waals surface area (Å²) in [4.78, 5) is 0. The van der Waals surface area contributed by atoms with Crippen molar-refractivity contribution < 1.29 is 40.6 Å². The predicted molar refractivity (Wildman–Crippen MR) is 164 cm³/mol. The van der Waals surface area contributed by atoms with E-state index in [0.717, 1.165) is 30.9 Å². The third-order valence-electron chi connectivity index (χ3n) is 9.40. The van der Waals surface area contributed by atoms with Crippen molar-refractivity contribution in [3.63, 3.8) is 0 Å². The molecule has 2 fully saturated rings. The normalized spacial score (nSPS) is 22.2. The highest BCUT2D eigenvalue weighted by Crippen LogP contribution is 2.41. The van der Waals surface area contributed by atoms with Gasteiger partial charge in [0, 0.05) is 23.1 Å². The van der Waals surface area contributed by atoms with E-state index in [0.29, 0.717) is 55.2 Å². The van der Waals surface area contributed by atoms with E-state index in [1.807, 2.05) is 6.92 Å². The second kappa shape index (κ2) is 15.2. The van der Waals surface area contributed by atoms with E-state index < -0.39 is 47.0 Å². The Hall–Kier alpha value is -3.04. The molecule has 1 saturated heterocycles. The van der Waals surface area contributed by atoms with Gasteiger partial charge in [0.15, 0.2) is 6.29 Å². The van der Waals surface area contributed by atoms with E-state index in [4.69, 9.17) is 9.47 Å². The summed E-state index contributed by atoms with van der Waals surface area (Å²) in [5.41, 5.74) is -1.40. The van der Waals surface area contributed by atoms with Crippen molar-refractivity contribution in [3.8, 4) is 16.9 Å². The van der Waals surface area contributed by atoms with Gasteiger partial charge in [0.2, 0.25) is 0 Å². The van der Waals surface area contributed by atoms with Gasteiger partial charge < -0.3 is 14.2 Å². The van der Waals surface area contributed by atoms with Gasteiger partial charge in [0.05, 0.1) is 13.2 Å². The maximum Gasteiger partial charge on any atom is 0.432 e. The summed E-state index contributed by atoms with van der Waals surface area (Å²) >= 11 is 0. The second-order valence-corrected chi connectivity index (χ2v) is 12.7. The van der Waals surface area contributed by atoms with Crippen molar-refractivity contribution in [3.05, 3.63) is 88.5 Å². The van der Waals surface area contributed by atoms with E-state index in [1.54, 1.807) is 0 Å². The first-order valence-corrected chi connectivity index (χ1v) is 16.5. The van der Waals surface area contributed by atoms with E-state index in [9.17, 15) is 22.0 Å². The minimum Gasteiger partial charge on any atom is -0.429 e. The number of alkyl halides is 2. The SMILES string of the molecule is CCCCCC1CCC(C2COC(c3ccc(-c4cc(F)c(C(F)(F)Oc5ccc(CCC)c(F)c5)c(F)c4)c(F)c3)OC2)CC1. The summed E-state index contributed by atoms with van der Waals surface area (Å²) in [5, 5.41) is 0. The van der Waals surface area contributed by atoms with E-state index in [1.165, 1.54) is 62.8 Å². The predicted octanol–water partition coefficient (Wildman–Crippen LogP) is 11.0. The van der Waals surface area contributed by atoms with Gasteiger partial charge in [-0.1, -0.05) is 77.0 Å². The molecule has 1 aliphatic carbocycles. The second-order valence-electron chi connectivity index (χ2n) is 12.7. The Labute approximate surface area is 267 Å². The Bertz CT molecular complexity index is 1440. The molecule has 250 valence electrons. The Morgan fingerprint density at radius 3 is 2.04 bits per heavy atom. The molecule has 1 heterocycles. The van der Waals surface area contributed by atoms with Gasteiger partial charge in [-0.15, -0.1) is 0 Å². The number of halogens is 6. The summed E-state index contributed by atoms with van der Waals surface area (Å²) in [7, 11) is 0. The molecule has 3 aromatic carbocycles. The monoisotopic (exact) mass is 648 g/mol. The molecular weight excluding hydrogens is 606 g/mol. The van der Waals surface area contributed by atoms with Gasteiger partial charge in [-0.25, -0.2) is 17.6 Å². The molecule has 0 amide bonds. The highest BCUT2D eigenvalue weighted by Gasteiger charge is 2.41. The van der Waals surface area contributed by atoms with Crippen LogP contribution in [-0.4, -0.2) is 13.2 Å². The van der Waals surface area contributed by atoms with Crippen molar-refractivity contribution >= 4 is 0 Å². The van der Waals surface area contributed by atoms with E-state index >= 15 is 4.39 Å². The third kappa shape index (κ3) is 8.08. The molecule has 0 bridgehead atoms. The lowest BCUT2D eigenvalue weighted by molar-refractivity contribution is -0.214. The molecule has 0 spiro atoms. The number of aryl methyl sites for hydroxylation is 1. The molecule has 0 unspecified atom stereocenters. The fourth-order valence-corrected chi connectivity index (χ4v) is 6.80. The van der Waals surface area contributed by atoms with Gasteiger partial charge in [0.1, 0.15) is 34.6 Å². The number of unbranched alkanes of at least 4 members (excludes halogenated alkanes) is 2. The Morgan fingerprint density at radius 2 is 1.43 bits per heavy atom. The zero-order valence-corrected chi connectivity index (χ0v) is 26.4. The first kappa shape index (κ1) is 34.3. The summed E-state index contributed by atoms with van der Waals surface area (Å²) in [6.07, 6.45) is 5.73. The van der Waals surface area contributed by atoms with E-state index in [-0.39, 0.29) is 17.0 Å². The number of ether oxygens (including phenoxy) is 3. The summed E-state index contributed by atoms with van der Waals surface area (Å²) in [6, 6.07) is 8.40. The molecule has 1 aliphatic heterocycles. The van der Waals surface area contributed by atoms with Crippen LogP contribution in [0.3, 0.4) is 0 Å². The standard InChI is InChI=1S/C37H42F6O3/c1-3-5-6-8-23-9-11-24(12-10-23)28-21-44-36(45-22-28)26-14-16-30(32(39)17-26)27-18-33(40)35(34(41)19-27)37(42,43)46-29-15-13-25(7-4-2)31(38)20-29/h13-20,23-24,28,36H,3-12,21-22H2,1-2H3. The third-order valence-corrected chi connectivity index (χ3v) is 9.40. The maximum atomic E-state index is 15.3. The summed E-state index contributed by atoms with van der Waals surface area (Å²) in [5.74, 6) is -3.79. The average molecular weight is 649 g/mol. The molecule has 9 heteroatoms. The molecule has 3 nitrogen and oxygen atoms in total. The van der Waals surface area contributed by atoms with Gasteiger partial charge in [-0.05, 0) is 66.5 Å². The summed E-state index contributed by atoms with van der Waals surface area (Å²) < 4.78 is 106. The minimum atomic E-state index is -4.46. The lowest BCUT2D eigenvalue weighted by atomic mass is 9.74. The molecule has 1 saturated carbocycles. The average Bonchev–Trinajstić information content (AvgIpc) is 3.02. The van der Waals surface area contributed by atoms with Crippen LogP contribution in [0.1, 0.15) is 94.6 Å². The first-order chi connectivity index (χ1) is 22.1. The van der Waals surface area contributed by atoms with Crippen molar-refractivity contribution in [1.82, 2.24) is 0 Å². The van der Waals surface area contributed by atoms with Crippen molar-refractivity contribution in [2.45, 2.75) is 90.5 Å². The fourth-order valence-electron chi connectivity index (χ4n) is 6.80. The largest absolute Gasteiger partial charge is 0.432 e. The first-order valence-electron chi connectivity index (χ1n) is 16.5. The van der Waals surface area contributed by atoms with Gasteiger partial charge in [-0.2, -0.15) is 8.78 Å². The fraction of sp³-hybridized carbons (Fsp3) is 0.514. The molecule has 0 aromatic heterocycles. The van der Waals surface area contributed by atoms with Crippen LogP contribution < -0.4 is 4.74 Å². The van der Waals surface area contributed by atoms with Crippen molar-refractivity contribution in [2.24, 2.45) is 17.8 Å². The van der Waals surface area contributed by atoms with Crippen LogP contribution in [-0.2, 0) is 22.0 Å². The van der Waals surface area contributed by atoms with Gasteiger partial charge in [0.25, 0.3) is 0 Å². The summed E-state index contributed by atoms with van der Waals surface area (Å²) in [6.45, 7) is 5.06. The Kier molecular flexibility index (Phi) is 11.4. The molecule has 0 atom stereocenters. The number of benzene rings is 3. The molecule has 0 radical (unpaired) electrons. The van der Waals surface area contributed by atoms with Crippen LogP contribution in [0, 0.1) is 41.0 Å². The van der Waals surface area contributed by atoms with Crippen LogP contribution in [0.5, 0.6) is 5.75 Å². The number of hydrogen-bond donors (Lipinski definition) is 0. The van der Waals surface area contributed by atoms with Crippen LogP contribution in [0.25, 0.3) is 11.1 Å². The molecule has 5 rings (SSSR count). The molecule has 0 N–H and O–H groups in total. The van der Waals surface area contributed by atoms with Gasteiger partial charge in [-0.3, -0.25) is 0 Å². The zero-order valence-electron chi connectivity index (χ0n) is 26.4. The molecule has 2 aliphatic rings. The molecular formula is C37H42F6O3. The molecule has 3 aromatic rings. The van der Waals surface area contributed by atoms with Gasteiger partial charge >= 0.3 is 6.11 Å². The highest BCUT2D eigenvalue weighted by atomic mass is 19.3. The van der Waals surface area contributed by atoms with Crippen molar-refractivity contribution in [2.75, 3.05) is 13.2 Å². The lowest BCUT2D eigenvalue weighted by Gasteiger charge is -2.38. The topological polar surface area (TPSA) is 27.7 Å². The lowest BCUT2D eigenvalue weighted by Crippen LogP contribution is -2.34. The number of hydrogen-bond acceptors (Lipinski definition) is 3. The molecule has 46 heavy (non-hydrogen) atoms. The Morgan fingerprint density at radius 1 is 0.739 bits per heavy atom. The zero-order chi connectivity index (χ0) is 32.8. The van der Waals surface area contributed by atoms with Crippen LogP contribution >= 0.6 is 0 Å². The quantitative estimate of drug-likeness (QED) is 0.144.